The number of aromatic nitrogens is 1. The van der Waals surface area contributed by atoms with Gasteiger partial charge in [0, 0.05) is 16.5 Å². The predicted molar refractivity (Wildman–Crippen MR) is 87.4 cm³/mol. The predicted octanol–water partition coefficient (Wildman–Crippen LogP) is 4.74. The Morgan fingerprint density at radius 1 is 1.21 bits per heavy atom. The number of rotatable bonds is 2. The van der Waals surface area contributed by atoms with E-state index in [2.05, 4.69) is 10.3 Å². The van der Waals surface area contributed by atoms with Crippen molar-refractivity contribution >= 4 is 34.1 Å². The Morgan fingerprint density at radius 3 is 2.58 bits per heavy atom. The van der Waals surface area contributed by atoms with Gasteiger partial charge in [-0.1, -0.05) is 29.6 Å². The second-order valence-electron chi connectivity index (χ2n) is 5.88. The largest absolute Gasteiger partial charge is 0.433 e. The highest BCUT2D eigenvalue weighted by atomic mass is 35.5. The maximum Gasteiger partial charge on any atom is 0.433 e. The molecule has 2 heterocycles. The third-order valence-electron chi connectivity index (χ3n) is 4.20. The van der Waals surface area contributed by atoms with Crippen molar-refractivity contribution in [2.45, 2.75) is 37.6 Å². The minimum Gasteiger partial charge on any atom is -0.387 e. The van der Waals surface area contributed by atoms with Gasteiger partial charge in [-0.25, -0.2) is 4.98 Å². The van der Waals surface area contributed by atoms with Crippen LogP contribution in [0.5, 0.6) is 0 Å². The highest BCUT2D eigenvalue weighted by molar-refractivity contribution is 6.38. The maximum atomic E-state index is 13.2. The number of nitrogens with zero attached hydrogens (tertiary/aromatic N) is 1. The lowest BCUT2D eigenvalue weighted by molar-refractivity contribution is -0.141. The normalized spacial score (nSPS) is 20.3. The Kier molecular flexibility index (Phi) is 4.93. The van der Waals surface area contributed by atoms with E-state index in [1.807, 2.05) is 0 Å². The van der Waals surface area contributed by atoms with Gasteiger partial charge in [0.05, 0.1) is 16.6 Å². The number of aliphatic hydroxyl groups excluding tert-OH is 1. The minimum absolute atomic E-state index is 0.0132. The van der Waals surface area contributed by atoms with Crippen LogP contribution in [0.1, 0.15) is 36.6 Å². The molecule has 0 radical (unpaired) electrons. The number of alkyl halides is 3. The first kappa shape index (κ1) is 17.7. The number of benzene rings is 1. The van der Waals surface area contributed by atoms with E-state index in [4.69, 9.17) is 23.2 Å². The molecule has 3 nitrogen and oxygen atoms in total. The van der Waals surface area contributed by atoms with Crippen LogP contribution >= 0.6 is 23.2 Å². The molecular weight excluding hydrogens is 364 g/mol. The third-order valence-corrected chi connectivity index (χ3v) is 4.71. The van der Waals surface area contributed by atoms with Crippen molar-refractivity contribution in [2.24, 2.45) is 0 Å². The van der Waals surface area contributed by atoms with Crippen molar-refractivity contribution in [3.05, 3.63) is 39.5 Å². The van der Waals surface area contributed by atoms with Crippen LogP contribution in [0.2, 0.25) is 10.0 Å². The van der Waals surface area contributed by atoms with Crippen LogP contribution in [0.3, 0.4) is 0 Å². The molecule has 2 atom stereocenters. The molecule has 0 spiro atoms. The zero-order valence-electron chi connectivity index (χ0n) is 12.5. The smallest absolute Gasteiger partial charge is 0.387 e. The van der Waals surface area contributed by atoms with Crippen molar-refractivity contribution in [1.29, 1.82) is 0 Å². The summed E-state index contributed by atoms with van der Waals surface area (Å²) in [5, 5.41) is 14.5. The van der Waals surface area contributed by atoms with Gasteiger partial charge in [0.25, 0.3) is 0 Å². The number of nitrogens with one attached hydrogen (secondary N) is 1. The van der Waals surface area contributed by atoms with Crippen LogP contribution in [-0.4, -0.2) is 22.7 Å². The Labute approximate surface area is 146 Å². The molecule has 2 N–H and O–H groups in total. The number of hydrogen-bond donors (Lipinski definition) is 2. The molecule has 1 aliphatic rings. The minimum atomic E-state index is -4.63. The van der Waals surface area contributed by atoms with E-state index >= 15 is 0 Å². The molecule has 2 aromatic rings. The summed E-state index contributed by atoms with van der Waals surface area (Å²) in [6, 6.07) is 3.39. The summed E-state index contributed by atoms with van der Waals surface area (Å²) in [6.07, 6.45) is -3.17. The molecule has 0 aliphatic carbocycles. The highest BCUT2D eigenvalue weighted by Gasteiger charge is 2.35. The summed E-state index contributed by atoms with van der Waals surface area (Å²) in [6.45, 7) is 0.721. The van der Waals surface area contributed by atoms with E-state index in [0.717, 1.165) is 25.5 Å². The van der Waals surface area contributed by atoms with Crippen LogP contribution in [0.25, 0.3) is 10.9 Å². The van der Waals surface area contributed by atoms with Crippen LogP contribution in [0.4, 0.5) is 13.2 Å². The van der Waals surface area contributed by atoms with Crippen molar-refractivity contribution in [3.8, 4) is 0 Å². The number of halogens is 5. The fourth-order valence-electron chi connectivity index (χ4n) is 3.03. The van der Waals surface area contributed by atoms with Crippen LogP contribution < -0.4 is 5.32 Å². The standard InChI is InChI=1S/C16H15Cl2F3N2O/c17-8-5-9-10(15(24)12-3-1-2-4-22-12)7-13(16(19,20)21)23-14(9)11(18)6-8/h5-7,12,15,22,24H,1-4H2/t12?,15-/m0/s1. The molecule has 8 heteroatoms. The molecule has 0 bridgehead atoms. The summed E-state index contributed by atoms with van der Waals surface area (Å²) >= 11 is 12.0. The van der Waals surface area contributed by atoms with Crippen molar-refractivity contribution < 1.29 is 18.3 Å². The molecule has 3 rings (SSSR count). The monoisotopic (exact) mass is 378 g/mol. The Hall–Kier alpha value is -1.08. The van der Waals surface area contributed by atoms with Crippen LogP contribution in [0.15, 0.2) is 18.2 Å². The molecule has 1 aromatic carbocycles. The quantitative estimate of drug-likeness (QED) is 0.793. The SMILES string of the molecule is O[C@@H](c1cc(C(F)(F)F)nc2c(Cl)cc(Cl)cc12)C1CCCCN1. The lowest BCUT2D eigenvalue weighted by Gasteiger charge is -2.29. The topological polar surface area (TPSA) is 45.2 Å². The Balaban J connectivity index is 2.19. The zero-order valence-corrected chi connectivity index (χ0v) is 14.0. The number of aliphatic hydroxyl groups is 1. The van der Waals surface area contributed by atoms with Crippen molar-refractivity contribution in [2.75, 3.05) is 6.54 Å². The molecule has 1 aromatic heterocycles. The summed E-state index contributed by atoms with van der Waals surface area (Å²) in [5.74, 6) is 0. The van der Waals surface area contributed by atoms with E-state index in [1.54, 1.807) is 0 Å². The number of pyridine rings is 1. The molecular formula is C16H15Cl2F3N2O. The van der Waals surface area contributed by atoms with E-state index in [1.165, 1.54) is 12.1 Å². The van der Waals surface area contributed by atoms with E-state index in [0.29, 0.717) is 11.8 Å². The molecule has 1 saturated heterocycles. The van der Waals surface area contributed by atoms with E-state index < -0.39 is 18.0 Å². The lowest BCUT2D eigenvalue weighted by Crippen LogP contribution is -2.39. The lowest BCUT2D eigenvalue weighted by atomic mass is 9.92. The van der Waals surface area contributed by atoms with Gasteiger partial charge in [-0.05, 0) is 43.1 Å². The molecule has 24 heavy (non-hydrogen) atoms. The fourth-order valence-corrected chi connectivity index (χ4v) is 3.57. The molecule has 0 amide bonds. The molecule has 1 aliphatic heterocycles. The van der Waals surface area contributed by atoms with Gasteiger partial charge in [0.15, 0.2) is 0 Å². The highest BCUT2D eigenvalue weighted by Crippen LogP contribution is 2.38. The maximum absolute atomic E-state index is 13.2. The molecule has 1 fully saturated rings. The van der Waals surface area contributed by atoms with Crippen molar-refractivity contribution in [3.63, 3.8) is 0 Å². The van der Waals surface area contributed by atoms with E-state index in [-0.39, 0.29) is 27.2 Å². The molecule has 0 saturated carbocycles. The van der Waals surface area contributed by atoms with Gasteiger partial charge >= 0.3 is 6.18 Å². The molecule has 1 unspecified atom stereocenters. The number of piperidine rings is 1. The van der Waals surface area contributed by atoms with Crippen LogP contribution in [-0.2, 0) is 6.18 Å². The fraction of sp³-hybridized carbons (Fsp3) is 0.438. The first-order valence-electron chi connectivity index (χ1n) is 7.55. The first-order chi connectivity index (χ1) is 11.3. The average Bonchev–Trinajstić information content (AvgIpc) is 2.53. The Bertz CT molecular complexity index is 761. The third kappa shape index (κ3) is 3.47. The molecule has 130 valence electrons. The van der Waals surface area contributed by atoms with Gasteiger partial charge in [0.1, 0.15) is 5.69 Å². The summed E-state index contributed by atoms with van der Waals surface area (Å²) in [4.78, 5) is 3.63. The Morgan fingerprint density at radius 2 is 1.96 bits per heavy atom. The number of fused-ring (bicyclic) bond motifs is 1. The van der Waals surface area contributed by atoms with Gasteiger partial charge in [0.2, 0.25) is 0 Å². The summed E-state index contributed by atoms with van der Waals surface area (Å²) < 4.78 is 39.6. The van der Waals surface area contributed by atoms with Crippen molar-refractivity contribution in [1.82, 2.24) is 10.3 Å². The van der Waals surface area contributed by atoms with E-state index in [9.17, 15) is 18.3 Å². The second kappa shape index (κ2) is 6.67. The van der Waals surface area contributed by atoms with Crippen LogP contribution in [0, 0.1) is 0 Å². The summed E-state index contributed by atoms with van der Waals surface area (Å²) in [5.41, 5.74) is -0.957. The zero-order chi connectivity index (χ0) is 17.5. The number of hydrogen-bond acceptors (Lipinski definition) is 3. The van der Waals surface area contributed by atoms with Gasteiger partial charge in [-0.3, -0.25) is 0 Å². The summed E-state index contributed by atoms with van der Waals surface area (Å²) in [7, 11) is 0. The first-order valence-corrected chi connectivity index (χ1v) is 8.31. The van der Waals surface area contributed by atoms with Gasteiger partial charge in [-0.15, -0.1) is 0 Å². The van der Waals surface area contributed by atoms with Gasteiger partial charge < -0.3 is 10.4 Å². The second-order valence-corrected chi connectivity index (χ2v) is 6.72. The average molecular weight is 379 g/mol. The van der Waals surface area contributed by atoms with Gasteiger partial charge in [-0.2, -0.15) is 13.2 Å².